The monoisotopic (exact) mass is 236 g/mol. The molecule has 6 nitrogen and oxygen atoms in total. The highest BCUT2D eigenvalue weighted by Gasteiger charge is 2.15. The average molecular weight is 236 g/mol. The van der Waals surface area contributed by atoms with Crippen LogP contribution in [0.25, 0.3) is 0 Å². The third-order valence-electron chi connectivity index (χ3n) is 2.44. The van der Waals surface area contributed by atoms with E-state index in [2.05, 4.69) is 30.9 Å². The first-order chi connectivity index (χ1) is 8.16. The molecule has 0 aromatic carbocycles. The molecule has 0 saturated heterocycles. The van der Waals surface area contributed by atoms with Gasteiger partial charge in [-0.2, -0.15) is 5.21 Å². The molecule has 0 radical (unpaired) electrons. The molecule has 2 heterocycles. The summed E-state index contributed by atoms with van der Waals surface area (Å²) in [7, 11) is 0. The van der Waals surface area contributed by atoms with Gasteiger partial charge in [0.25, 0.3) is 0 Å². The summed E-state index contributed by atoms with van der Waals surface area (Å²) < 4.78 is 12.7. The minimum atomic E-state index is -0.341. The topological polar surface area (TPSA) is 79.4 Å². The zero-order valence-electron chi connectivity index (χ0n) is 9.55. The van der Waals surface area contributed by atoms with Crippen molar-refractivity contribution >= 4 is 0 Å². The predicted molar refractivity (Wildman–Crippen MR) is 58.3 cm³/mol. The van der Waals surface area contributed by atoms with Gasteiger partial charge in [-0.05, 0) is 26.0 Å². The molecule has 0 saturated carbocycles. The van der Waals surface area contributed by atoms with Crippen LogP contribution in [0.15, 0.2) is 18.3 Å². The molecule has 0 aliphatic heterocycles. The van der Waals surface area contributed by atoms with Crippen molar-refractivity contribution in [1.82, 2.24) is 30.9 Å². The maximum atomic E-state index is 12.7. The molecule has 2 N–H and O–H groups in total. The highest BCUT2D eigenvalue weighted by atomic mass is 19.1. The lowest BCUT2D eigenvalue weighted by molar-refractivity contribution is 0.468. The molecule has 0 bridgehead atoms. The summed E-state index contributed by atoms with van der Waals surface area (Å²) >= 11 is 0. The lowest BCUT2D eigenvalue weighted by Gasteiger charge is -2.16. The summed E-state index contributed by atoms with van der Waals surface area (Å²) in [6, 6.07) is 2.95. The van der Waals surface area contributed by atoms with E-state index in [0.29, 0.717) is 5.82 Å². The number of aromatic nitrogens is 5. The van der Waals surface area contributed by atoms with E-state index in [1.54, 1.807) is 6.07 Å². The second-order valence-corrected chi connectivity index (χ2v) is 3.78. The van der Waals surface area contributed by atoms with Crippen LogP contribution in [0.2, 0.25) is 0 Å². The van der Waals surface area contributed by atoms with E-state index in [1.165, 1.54) is 12.3 Å². The van der Waals surface area contributed by atoms with Crippen molar-refractivity contribution < 1.29 is 4.39 Å². The fourth-order valence-electron chi connectivity index (χ4n) is 1.53. The van der Waals surface area contributed by atoms with Crippen LogP contribution in [0.5, 0.6) is 0 Å². The molecule has 2 aromatic rings. The Bertz CT molecular complexity index is 454. The van der Waals surface area contributed by atoms with E-state index in [1.807, 2.05) is 13.8 Å². The van der Waals surface area contributed by atoms with Gasteiger partial charge in [0.15, 0.2) is 5.82 Å². The van der Waals surface area contributed by atoms with Crippen molar-refractivity contribution in [3.8, 4) is 0 Å². The van der Waals surface area contributed by atoms with Crippen LogP contribution >= 0.6 is 0 Å². The molecule has 2 aromatic heterocycles. The minimum Gasteiger partial charge on any atom is -0.299 e. The smallest absolute Gasteiger partial charge is 0.191 e. The Morgan fingerprint density at radius 3 is 2.71 bits per heavy atom. The Kier molecular flexibility index (Phi) is 3.38. The highest BCUT2D eigenvalue weighted by Crippen LogP contribution is 2.14. The zero-order valence-corrected chi connectivity index (χ0v) is 9.55. The molecule has 0 aliphatic rings. The Morgan fingerprint density at radius 2 is 2.12 bits per heavy atom. The number of nitrogens with zero attached hydrogens (tertiary/aromatic N) is 4. The normalized spacial score (nSPS) is 14.5. The minimum absolute atomic E-state index is 0.0240. The molecule has 0 aliphatic carbocycles. The van der Waals surface area contributed by atoms with E-state index in [0.717, 1.165) is 5.69 Å². The fourth-order valence-corrected chi connectivity index (χ4v) is 1.53. The van der Waals surface area contributed by atoms with Crippen molar-refractivity contribution in [2.24, 2.45) is 0 Å². The van der Waals surface area contributed by atoms with Crippen molar-refractivity contribution in [1.29, 1.82) is 0 Å². The van der Waals surface area contributed by atoms with Crippen LogP contribution in [0.3, 0.4) is 0 Å². The molecule has 7 heteroatoms. The first-order valence-corrected chi connectivity index (χ1v) is 5.27. The van der Waals surface area contributed by atoms with Crippen LogP contribution in [-0.4, -0.2) is 25.6 Å². The lowest BCUT2D eigenvalue weighted by atomic mass is 10.2. The van der Waals surface area contributed by atoms with E-state index in [4.69, 9.17) is 0 Å². The molecule has 0 spiro atoms. The van der Waals surface area contributed by atoms with Gasteiger partial charge in [0.05, 0.1) is 17.9 Å². The van der Waals surface area contributed by atoms with Gasteiger partial charge in [0.1, 0.15) is 5.82 Å². The molecule has 2 rings (SSSR count). The summed E-state index contributed by atoms with van der Waals surface area (Å²) in [6.45, 7) is 3.86. The van der Waals surface area contributed by atoms with Gasteiger partial charge in [-0.25, -0.2) is 4.39 Å². The lowest BCUT2D eigenvalue weighted by Crippen LogP contribution is -2.24. The number of H-pyrrole nitrogens is 1. The van der Waals surface area contributed by atoms with Crippen LogP contribution < -0.4 is 5.32 Å². The SMILES string of the molecule is CC(NC(C)c1nn[nH]n1)c1ccc(F)cn1. The molecule has 2 unspecified atom stereocenters. The molecular formula is C10H13FN6. The van der Waals surface area contributed by atoms with Gasteiger partial charge in [-0.15, -0.1) is 10.2 Å². The van der Waals surface area contributed by atoms with Gasteiger partial charge < -0.3 is 0 Å². The van der Waals surface area contributed by atoms with Gasteiger partial charge in [0.2, 0.25) is 0 Å². The van der Waals surface area contributed by atoms with E-state index >= 15 is 0 Å². The quantitative estimate of drug-likeness (QED) is 0.832. The maximum absolute atomic E-state index is 12.7. The van der Waals surface area contributed by atoms with Crippen LogP contribution in [0, 0.1) is 5.82 Å². The number of hydrogen-bond acceptors (Lipinski definition) is 5. The summed E-state index contributed by atoms with van der Waals surface area (Å²) in [5.41, 5.74) is 0.766. The van der Waals surface area contributed by atoms with Gasteiger partial charge in [-0.1, -0.05) is 5.21 Å². The fraction of sp³-hybridized carbons (Fsp3) is 0.400. The van der Waals surface area contributed by atoms with Crippen LogP contribution in [-0.2, 0) is 0 Å². The molecular weight excluding hydrogens is 223 g/mol. The van der Waals surface area contributed by atoms with Gasteiger partial charge in [0, 0.05) is 6.04 Å². The highest BCUT2D eigenvalue weighted by molar-refractivity contribution is 5.09. The summed E-state index contributed by atoms with van der Waals surface area (Å²) in [4.78, 5) is 4.01. The molecule has 0 amide bonds. The number of pyridine rings is 1. The number of hydrogen-bond donors (Lipinski definition) is 2. The molecule has 2 atom stereocenters. The Hall–Kier alpha value is -1.89. The Labute approximate surface area is 97.7 Å². The number of rotatable bonds is 4. The molecule has 17 heavy (non-hydrogen) atoms. The van der Waals surface area contributed by atoms with Crippen molar-refractivity contribution in [2.45, 2.75) is 25.9 Å². The van der Waals surface area contributed by atoms with Crippen molar-refractivity contribution in [3.05, 3.63) is 35.7 Å². The van der Waals surface area contributed by atoms with Crippen LogP contribution in [0.4, 0.5) is 4.39 Å². The molecule has 90 valence electrons. The number of tetrazole rings is 1. The van der Waals surface area contributed by atoms with Gasteiger partial charge >= 0.3 is 0 Å². The Morgan fingerprint density at radius 1 is 1.29 bits per heavy atom. The van der Waals surface area contributed by atoms with E-state index in [9.17, 15) is 4.39 Å². The zero-order chi connectivity index (χ0) is 12.3. The summed E-state index contributed by atoms with van der Waals surface area (Å²) in [6.07, 6.45) is 1.20. The van der Waals surface area contributed by atoms with Crippen molar-refractivity contribution in [2.75, 3.05) is 0 Å². The largest absolute Gasteiger partial charge is 0.299 e. The average Bonchev–Trinajstić information content (AvgIpc) is 2.83. The number of halogens is 1. The van der Waals surface area contributed by atoms with Crippen molar-refractivity contribution in [3.63, 3.8) is 0 Å². The number of aromatic amines is 1. The van der Waals surface area contributed by atoms with Crippen LogP contribution in [0.1, 0.15) is 37.4 Å². The Balaban J connectivity index is 2.01. The summed E-state index contributed by atoms with van der Waals surface area (Å²) in [5, 5.41) is 16.9. The third kappa shape index (κ3) is 2.82. The number of nitrogens with one attached hydrogen (secondary N) is 2. The molecule has 0 fully saturated rings. The van der Waals surface area contributed by atoms with Gasteiger partial charge in [-0.3, -0.25) is 10.3 Å². The second-order valence-electron chi connectivity index (χ2n) is 3.78. The second kappa shape index (κ2) is 4.96. The standard InChI is InChI=1S/C10H13FN6/c1-6(9-4-3-8(11)5-12-9)13-7(2)10-14-16-17-15-10/h3-7,13H,1-2H3,(H,14,15,16,17). The predicted octanol–water partition coefficient (Wildman–Crippen LogP) is 1.15. The first-order valence-electron chi connectivity index (χ1n) is 5.27. The van der Waals surface area contributed by atoms with E-state index < -0.39 is 0 Å². The maximum Gasteiger partial charge on any atom is 0.191 e. The third-order valence-corrected chi connectivity index (χ3v) is 2.44. The summed E-state index contributed by atoms with van der Waals surface area (Å²) in [5.74, 6) is 0.242. The first kappa shape index (κ1) is 11.6. The van der Waals surface area contributed by atoms with E-state index in [-0.39, 0.29) is 17.9 Å².